The molecule has 0 saturated heterocycles. The van der Waals surface area contributed by atoms with E-state index in [2.05, 4.69) is 20.3 Å². The second-order valence-corrected chi connectivity index (χ2v) is 6.01. The number of para-hydroxylation sites is 1. The third kappa shape index (κ3) is 3.10. The van der Waals surface area contributed by atoms with Gasteiger partial charge in [0.25, 0.3) is 0 Å². The van der Waals surface area contributed by atoms with Crippen molar-refractivity contribution in [1.82, 2.24) is 25.0 Å². The fourth-order valence-corrected chi connectivity index (χ4v) is 2.61. The molecule has 2 aromatic heterocycles. The monoisotopic (exact) mass is 327 g/mol. The Morgan fingerprint density at radius 1 is 1.38 bits per heavy atom. The van der Waals surface area contributed by atoms with Crippen molar-refractivity contribution in [3.05, 3.63) is 47.8 Å². The molecule has 6 nitrogen and oxygen atoms in total. The van der Waals surface area contributed by atoms with Crippen molar-refractivity contribution in [3.63, 3.8) is 0 Å². The van der Waals surface area contributed by atoms with Gasteiger partial charge in [0, 0.05) is 0 Å². The summed E-state index contributed by atoms with van der Waals surface area (Å²) >= 11 is 0. The van der Waals surface area contributed by atoms with E-state index in [0.29, 0.717) is 22.6 Å². The van der Waals surface area contributed by atoms with E-state index in [-0.39, 0.29) is 23.6 Å². The zero-order valence-electron chi connectivity index (χ0n) is 13.7. The van der Waals surface area contributed by atoms with Crippen LogP contribution in [0.5, 0.6) is 0 Å². The standard InChI is InChI=1S/C17H18FN5O/c1-10(2)16(23-9-12(21-22-23)8-7-11(3)24)17-19-14-6-4-5-13(18)15(14)20-17/h4-10,16H,1-3H3,(H,19,20). The van der Waals surface area contributed by atoms with Crippen LogP contribution in [0.2, 0.25) is 0 Å². The lowest BCUT2D eigenvalue weighted by molar-refractivity contribution is -0.112. The first-order chi connectivity index (χ1) is 11.5. The Kier molecular flexibility index (Phi) is 4.24. The third-order valence-corrected chi connectivity index (χ3v) is 3.70. The first-order valence-electron chi connectivity index (χ1n) is 7.70. The number of carbonyl (C=O) groups is 1. The summed E-state index contributed by atoms with van der Waals surface area (Å²) in [4.78, 5) is 18.6. The number of hydrogen-bond donors (Lipinski definition) is 1. The molecule has 0 radical (unpaired) electrons. The van der Waals surface area contributed by atoms with E-state index in [9.17, 15) is 9.18 Å². The van der Waals surface area contributed by atoms with Crippen LogP contribution in [-0.4, -0.2) is 30.7 Å². The largest absolute Gasteiger partial charge is 0.340 e. The van der Waals surface area contributed by atoms with Crippen LogP contribution in [0.4, 0.5) is 4.39 Å². The lowest BCUT2D eigenvalue weighted by Gasteiger charge is -2.18. The van der Waals surface area contributed by atoms with Gasteiger partial charge < -0.3 is 4.98 Å². The normalized spacial score (nSPS) is 13.2. The number of rotatable bonds is 5. The zero-order valence-corrected chi connectivity index (χ0v) is 13.7. The van der Waals surface area contributed by atoms with Gasteiger partial charge in [-0.15, -0.1) is 5.10 Å². The van der Waals surface area contributed by atoms with Gasteiger partial charge in [-0.2, -0.15) is 0 Å². The van der Waals surface area contributed by atoms with Gasteiger partial charge in [0.15, 0.2) is 11.6 Å². The maximum absolute atomic E-state index is 13.9. The van der Waals surface area contributed by atoms with Crippen LogP contribution in [-0.2, 0) is 4.79 Å². The first-order valence-corrected chi connectivity index (χ1v) is 7.70. The number of H-pyrrole nitrogens is 1. The van der Waals surface area contributed by atoms with Gasteiger partial charge in [-0.1, -0.05) is 25.1 Å². The summed E-state index contributed by atoms with van der Waals surface area (Å²) < 4.78 is 15.6. The molecule has 2 heterocycles. The van der Waals surface area contributed by atoms with E-state index >= 15 is 0 Å². The number of fused-ring (bicyclic) bond motifs is 1. The molecule has 0 spiro atoms. The second kappa shape index (κ2) is 6.35. The molecule has 1 aromatic carbocycles. The zero-order chi connectivity index (χ0) is 17.3. The number of hydrogen-bond acceptors (Lipinski definition) is 4. The van der Waals surface area contributed by atoms with E-state index in [4.69, 9.17) is 0 Å². The van der Waals surface area contributed by atoms with Crippen molar-refractivity contribution in [2.75, 3.05) is 0 Å². The van der Waals surface area contributed by atoms with Crippen molar-refractivity contribution in [1.29, 1.82) is 0 Å². The molecule has 0 aliphatic heterocycles. The minimum absolute atomic E-state index is 0.0577. The molecule has 24 heavy (non-hydrogen) atoms. The Bertz CT molecular complexity index is 909. The number of imidazole rings is 1. The molecule has 124 valence electrons. The van der Waals surface area contributed by atoms with Gasteiger partial charge in [-0.3, -0.25) is 4.79 Å². The second-order valence-electron chi connectivity index (χ2n) is 6.01. The number of benzene rings is 1. The molecular weight excluding hydrogens is 309 g/mol. The maximum atomic E-state index is 13.9. The van der Waals surface area contributed by atoms with Crippen LogP contribution in [0.25, 0.3) is 17.1 Å². The van der Waals surface area contributed by atoms with E-state index in [0.717, 1.165) is 0 Å². The Morgan fingerprint density at radius 3 is 2.83 bits per heavy atom. The average molecular weight is 327 g/mol. The number of nitrogens with one attached hydrogen (secondary N) is 1. The van der Waals surface area contributed by atoms with Gasteiger partial charge in [-0.05, 0) is 37.1 Å². The molecule has 0 aliphatic rings. The highest BCUT2D eigenvalue weighted by atomic mass is 19.1. The molecule has 0 fully saturated rings. The number of aromatic amines is 1. The highest BCUT2D eigenvalue weighted by Crippen LogP contribution is 2.26. The molecule has 0 amide bonds. The summed E-state index contributed by atoms with van der Waals surface area (Å²) in [5.41, 5.74) is 1.54. The van der Waals surface area contributed by atoms with E-state index in [1.165, 1.54) is 19.1 Å². The minimum atomic E-state index is -0.360. The van der Waals surface area contributed by atoms with Crippen LogP contribution in [0.15, 0.2) is 30.5 Å². The summed E-state index contributed by atoms with van der Waals surface area (Å²) in [6.45, 7) is 5.53. The molecule has 0 bridgehead atoms. The van der Waals surface area contributed by atoms with E-state index < -0.39 is 0 Å². The first kappa shape index (κ1) is 16.0. The molecule has 3 aromatic rings. The predicted molar refractivity (Wildman–Crippen MR) is 88.8 cm³/mol. The Balaban J connectivity index is 2.00. The van der Waals surface area contributed by atoms with Crippen molar-refractivity contribution >= 4 is 22.9 Å². The number of carbonyl (C=O) groups excluding carboxylic acids is 1. The molecule has 1 N–H and O–H groups in total. The molecule has 0 aliphatic carbocycles. The van der Waals surface area contributed by atoms with Gasteiger partial charge in [0.1, 0.15) is 23.1 Å². The predicted octanol–water partition coefficient (Wildman–Crippen LogP) is 3.14. The molecular formula is C17H18FN5O. The Morgan fingerprint density at radius 2 is 2.17 bits per heavy atom. The summed E-state index contributed by atoms with van der Waals surface area (Å²) in [6.07, 6.45) is 4.80. The van der Waals surface area contributed by atoms with Crippen LogP contribution in [0, 0.1) is 11.7 Å². The fourth-order valence-electron chi connectivity index (χ4n) is 2.61. The van der Waals surface area contributed by atoms with Gasteiger partial charge in [0.05, 0.1) is 11.7 Å². The van der Waals surface area contributed by atoms with E-state index in [1.807, 2.05) is 13.8 Å². The lowest BCUT2D eigenvalue weighted by atomic mass is 10.0. The van der Waals surface area contributed by atoms with Crippen molar-refractivity contribution in [2.45, 2.75) is 26.8 Å². The van der Waals surface area contributed by atoms with Crippen molar-refractivity contribution in [3.8, 4) is 0 Å². The molecule has 1 atom stereocenters. The highest BCUT2D eigenvalue weighted by Gasteiger charge is 2.23. The number of ketones is 1. The number of aromatic nitrogens is 5. The van der Waals surface area contributed by atoms with Gasteiger partial charge >= 0.3 is 0 Å². The minimum Gasteiger partial charge on any atom is -0.340 e. The summed E-state index contributed by atoms with van der Waals surface area (Å²) in [6, 6.07) is 4.60. The topological polar surface area (TPSA) is 76.5 Å². The molecule has 0 saturated carbocycles. The quantitative estimate of drug-likeness (QED) is 0.730. The average Bonchev–Trinajstić information content (AvgIpc) is 3.13. The van der Waals surface area contributed by atoms with Crippen LogP contribution in [0.1, 0.15) is 38.3 Å². The SMILES string of the molecule is CC(=O)C=Cc1cn(C(c2nc3c(F)cccc3[nH]2)C(C)C)nn1. The summed E-state index contributed by atoms with van der Waals surface area (Å²) in [5.74, 6) is 0.357. The van der Waals surface area contributed by atoms with Crippen LogP contribution >= 0.6 is 0 Å². The number of nitrogens with zero attached hydrogens (tertiary/aromatic N) is 4. The van der Waals surface area contributed by atoms with Crippen molar-refractivity contribution in [2.24, 2.45) is 5.92 Å². The maximum Gasteiger partial charge on any atom is 0.152 e. The molecule has 7 heteroatoms. The van der Waals surface area contributed by atoms with Gasteiger partial charge in [0.2, 0.25) is 0 Å². The number of halogens is 1. The fraction of sp³-hybridized carbons (Fsp3) is 0.294. The number of allylic oxidation sites excluding steroid dienone is 1. The van der Waals surface area contributed by atoms with Crippen molar-refractivity contribution < 1.29 is 9.18 Å². The van der Waals surface area contributed by atoms with Crippen LogP contribution in [0.3, 0.4) is 0 Å². The molecule has 1 unspecified atom stereocenters. The molecule has 3 rings (SSSR count). The lowest BCUT2D eigenvalue weighted by Crippen LogP contribution is -2.18. The Hall–Kier alpha value is -2.83. The summed E-state index contributed by atoms with van der Waals surface area (Å²) in [7, 11) is 0. The highest BCUT2D eigenvalue weighted by molar-refractivity contribution is 5.91. The van der Waals surface area contributed by atoms with E-state index in [1.54, 1.807) is 29.1 Å². The van der Waals surface area contributed by atoms with Gasteiger partial charge in [-0.25, -0.2) is 14.1 Å². The summed E-state index contributed by atoms with van der Waals surface area (Å²) in [5, 5.41) is 8.18. The smallest absolute Gasteiger partial charge is 0.152 e. The third-order valence-electron chi connectivity index (χ3n) is 3.70. The van der Waals surface area contributed by atoms with Crippen LogP contribution < -0.4 is 0 Å². The Labute approximate surface area is 138 Å².